The minimum absolute atomic E-state index is 0.0134. The van der Waals surface area contributed by atoms with Gasteiger partial charge in [-0.1, -0.05) is 6.07 Å². The Morgan fingerprint density at radius 3 is 3.00 bits per heavy atom. The summed E-state index contributed by atoms with van der Waals surface area (Å²) in [5.41, 5.74) is 2.40. The summed E-state index contributed by atoms with van der Waals surface area (Å²) >= 11 is 0. The first kappa shape index (κ1) is 11.6. The van der Waals surface area contributed by atoms with Crippen molar-refractivity contribution in [1.29, 1.82) is 0 Å². The van der Waals surface area contributed by atoms with E-state index in [0.717, 1.165) is 25.7 Å². The van der Waals surface area contributed by atoms with Gasteiger partial charge in [-0.05, 0) is 55.9 Å². The molecular formula is C15H18O3. The van der Waals surface area contributed by atoms with Gasteiger partial charge in [0.05, 0.1) is 12.5 Å². The summed E-state index contributed by atoms with van der Waals surface area (Å²) in [6.45, 7) is 2.29. The lowest BCUT2D eigenvalue weighted by Crippen LogP contribution is -2.47. The van der Waals surface area contributed by atoms with Crippen molar-refractivity contribution in [2.24, 2.45) is 5.92 Å². The van der Waals surface area contributed by atoms with Gasteiger partial charge in [-0.3, -0.25) is 4.79 Å². The van der Waals surface area contributed by atoms with Crippen LogP contribution in [0.2, 0.25) is 0 Å². The smallest absolute Gasteiger partial charge is 0.309 e. The van der Waals surface area contributed by atoms with Crippen LogP contribution in [0.25, 0.3) is 0 Å². The molecule has 2 unspecified atom stereocenters. The number of ether oxygens (including phenoxy) is 1. The molecule has 1 saturated carbocycles. The van der Waals surface area contributed by atoms with Crippen molar-refractivity contribution >= 4 is 5.97 Å². The van der Waals surface area contributed by atoms with Crippen molar-refractivity contribution in [2.75, 3.05) is 6.61 Å². The van der Waals surface area contributed by atoms with E-state index < -0.39 is 0 Å². The van der Waals surface area contributed by atoms with Gasteiger partial charge in [0.15, 0.2) is 0 Å². The molecule has 0 bridgehead atoms. The fraction of sp³-hybridized carbons (Fsp3) is 0.533. The van der Waals surface area contributed by atoms with Gasteiger partial charge in [-0.25, -0.2) is 0 Å². The van der Waals surface area contributed by atoms with Crippen LogP contribution < -0.4 is 0 Å². The molecule has 0 radical (unpaired) electrons. The van der Waals surface area contributed by atoms with E-state index in [1.165, 1.54) is 11.1 Å². The average molecular weight is 246 g/mol. The Hall–Kier alpha value is -1.51. The minimum atomic E-state index is -0.0695. The highest BCUT2D eigenvalue weighted by Gasteiger charge is 2.55. The lowest BCUT2D eigenvalue weighted by atomic mass is 9.57. The monoisotopic (exact) mass is 246 g/mol. The van der Waals surface area contributed by atoms with Crippen LogP contribution in [0.1, 0.15) is 37.3 Å². The molecule has 2 atom stereocenters. The van der Waals surface area contributed by atoms with Gasteiger partial charge < -0.3 is 9.84 Å². The molecule has 0 amide bonds. The van der Waals surface area contributed by atoms with E-state index in [4.69, 9.17) is 4.74 Å². The van der Waals surface area contributed by atoms with Gasteiger partial charge in [0.1, 0.15) is 5.75 Å². The standard InChI is InChI=1S/C15H18O3/c1-2-18-14(17)12-6-8-15(12)7-5-10-3-4-11(16)9-13(10)15/h3-4,9,12,16H,2,5-8H2,1H3. The van der Waals surface area contributed by atoms with E-state index in [1.807, 2.05) is 19.1 Å². The van der Waals surface area contributed by atoms with E-state index in [2.05, 4.69) is 0 Å². The Morgan fingerprint density at radius 2 is 2.33 bits per heavy atom. The van der Waals surface area contributed by atoms with E-state index in [-0.39, 0.29) is 17.3 Å². The number of aromatic hydroxyl groups is 1. The second-order valence-electron chi connectivity index (χ2n) is 5.34. The lowest BCUT2D eigenvalue weighted by molar-refractivity contribution is -0.155. The Kier molecular flexibility index (Phi) is 2.58. The molecule has 96 valence electrons. The molecule has 1 spiro atoms. The summed E-state index contributed by atoms with van der Waals surface area (Å²) in [6.07, 6.45) is 3.96. The van der Waals surface area contributed by atoms with E-state index in [0.29, 0.717) is 12.4 Å². The molecule has 2 aliphatic carbocycles. The molecule has 0 heterocycles. The summed E-state index contributed by atoms with van der Waals surface area (Å²) in [5.74, 6) is 0.213. The highest BCUT2D eigenvalue weighted by Crippen LogP contribution is 2.57. The van der Waals surface area contributed by atoms with Crippen molar-refractivity contribution < 1.29 is 14.6 Å². The predicted molar refractivity (Wildman–Crippen MR) is 67.5 cm³/mol. The Labute approximate surface area is 107 Å². The molecule has 2 aliphatic rings. The Morgan fingerprint density at radius 1 is 1.50 bits per heavy atom. The molecule has 1 aromatic rings. The molecule has 3 heteroatoms. The lowest BCUT2D eigenvalue weighted by Gasteiger charge is -2.46. The maximum Gasteiger partial charge on any atom is 0.309 e. The minimum Gasteiger partial charge on any atom is -0.508 e. The van der Waals surface area contributed by atoms with Crippen molar-refractivity contribution in [1.82, 2.24) is 0 Å². The van der Waals surface area contributed by atoms with E-state index in [9.17, 15) is 9.90 Å². The van der Waals surface area contributed by atoms with E-state index in [1.54, 1.807) is 6.07 Å². The predicted octanol–water partition coefficient (Wildman–Crippen LogP) is 2.55. The first-order valence-electron chi connectivity index (χ1n) is 6.66. The van der Waals surface area contributed by atoms with Crippen LogP contribution >= 0.6 is 0 Å². The first-order chi connectivity index (χ1) is 8.67. The number of aryl methyl sites for hydroxylation is 1. The number of phenolic OH excluding ortho intramolecular Hbond substituents is 1. The van der Waals surface area contributed by atoms with Gasteiger partial charge in [0.2, 0.25) is 0 Å². The van der Waals surface area contributed by atoms with Gasteiger partial charge in [-0.15, -0.1) is 0 Å². The van der Waals surface area contributed by atoms with Crippen molar-refractivity contribution in [3.8, 4) is 5.75 Å². The fourth-order valence-corrected chi connectivity index (χ4v) is 3.58. The highest BCUT2D eigenvalue weighted by atomic mass is 16.5. The number of rotatable bonds is 2. The number of benzene rings is 1. The van der Waals surface area contributed by atoms with Gasteiger partial charge >= 0.3 is 5.97 Å². The molecule has 1 fully saturated rings. The molecule has 0 aromatic heterocycles. The molecule has 18 heavy (non-hydrogen) atoms. The fourth-order valence-electron chi connectivity index (χ4n) is 3.58. The Balaban J connectivity index is 1.95. The maximum atomic E-state index is 12.0. The second kappa shape index (κ2) is 4.01. The summed E-state index contributed by atoms with van der Waals surface area (Å²) in [5, 5.41) is 9.66. The summed E-state index contributed by atoms with van der Waals surface area (Å²) in [6, 6.07) is 5.56. The van der Waals surface area contributed by atoms with Crippen molar-refractivity contribution in [2.45, 2.75) is 38.0 Å². The molecule has 3 nitrogen and oxygen atoms in total. The SMILES string of the molecule is CCOC(=O)C1CCC12CCc1ccc(O)cc12. The van der Waals surface area contributed by atoms with Gasteiger partial charge in [0, 0.05) is 5.41 Å². The van der Waals surface area contributed by atoms with Crippen molar-refractivity contribution in [3.63, 3.8) is 0 Å². The van der Waals surface area contributed by atoms with Gasteiger partial charge in [0.25, 0.3) is 0 Å². The molecule has 1 N–H and O–H groups in total. The number of hydrogen-bond donors (Lipinski definition) is 1. The first-order valence-corrected chi connectivity index (χ1v) is 6.66. The third-order valence-electron chi connectivity index (χ3n) is 4.59. The number of hydrogen-bond acceptors (Lipinski definition) is 3. The second-order valence-corrected chi connectivity index (χ2v) is 5.34. The zero-order valence-corrected chi connectivity index (χ0v) is 10.6. The third-order valence-corrected chi connectivity index (χ3v) is 4.59. The van der Waals surface area contributed by atoms with Crippen LogP contribution in [0.3, 0.4) is 0 Å². The Bertz CT molecular complexity index is 495. The number of phenols is 1. The largest absolute Gasteiger partial charge is 0.508 e. The topological polar surface area (TPSA) is 46.5 Å². The van der Waals surface area contributed by atoms with Gasteiger partial charge in [-0.2, -0.15) is 0 Å². The van der Waals surface area contributed by atoms with Crippen LogP contribution in [0.4, 0.5) is 0 Å². The van der Waals surface area contributed by atoms with E-state index >= 15 is 0 Å². The number of esters is 1. The molecule has 1 aromatic carbocycles. The van der Waals surface area contributed by atoms with Crippen LogP contribution in [-0.2, 0) is 21.4 Å². The zero-order valence-electron chi connectivity index (χ0n) is 10.6. The van der Waals surface area contributed by atoms with Crippen LogP contribution in [0.5, 0.6) is 5.75 Å². The van der Waals surface area contributed by atoms with Crippen molar-refractivity contribution in [3.05, 3.63) is 29.3 Å². The summed E-state index contributed by atoms with van der Waals surface area (Å²) in [7, 11) is 0. The summed E-state index contributed by atoms with van der Waals surface area (Å²) < 4.78 is 5.18. The quantitative estimate of drug-likeness (QED) is 0.816. The average Bonchev–Trinajstić information content (AvgIpc) is 2.68. The maximum absolute atomic E-state index is 12.0. The third kappa shape index (κ3) is 1.46. The molecular weight excluding hydrogens is 228 g/mol. The van der Waals surface area contributed by atoms with Crippen LogP contribution in [-0.4, -0.2) is 17.7 Å². The highest BCUT2D eigenvalue weighted by molar-refractivity contribution is 5.77. The molecule has 0 saturated heterocycles. The number of carbonyl (C=O) groups excluding carboxylic acids is 1. The van der Waals surface area contributed by atoms with Crippen LogP contribution in [0.15, 0.2) is 18.2 Å². The van der Waals surface area contributed by atoms with Crippen LogP contribution in [0, 0.1) is 5.92 Å². The number of carbonyl (C=O) groups is 1. The number of fused-ring (bicyclic) bond motifs is 2. The summed E-state index contributed by atoms with van der Waals surface area (Å²) in [4.78, 5) is 12.0. The molecule has 3 rings (SSSR count). The normalized spacial score (nSPS) is 28.8. The zero-order chi connectivity index (χ0) is 12.8. The molecule has 0 aliphatic heterocycles.